The molecule has 1 unspecified atom stereocenters. The van der Waals surface area contributed by atoms with Crippen LogP contribution in [0.4, 0.5) is 11.4 Å². The van der Waals surface area contributed by atoms with Crippen LogP contribution in [0.15, 0.2) is 48.5 Å². The summed E-state index contributed by atoms with van der Waals surface area (Å²) in [5.74, 6) is 0.989. The Balaban J connectivity index is 2.38. The minimum Gasteiger partial charge on any atom is -0.399 e. The molecule has 0 fully saturated rings. The quantitative estimate of drug-likeness (QED) is 0.789. The van der Waals surface area contributed by atoms with Crippen molar-refractivity contribution >= 4 is 11.4 Å². The summed E-state index contributed by atoms with van der Waals surface area (Å²) in [6, 6.07) is 16.5. The first-order valence-corrected chi connectivity index (χ1v) is 7.32. The number of rotatable bonds is 5. The SMILES string of the molecule is CCCC(C)C(c1ccc(N)cc1)c1ccc(N)cc1. The lowest BCUT2D eigenvalue weighted by Gasteiger charge is -2.25. The van der Waals surface area contributed by atoms with Crippen molar-refractivity contribution in [2.24, 2.45) is 5.92 Å². The number of anilines is 2. The van der Waals surface area contributed by atoms with E-state index in [1.807, 2.05) is 24.3 Å². The zero-order valence-corrected chi connectivity index (χ0v) is 12.3. The highest BCUT2D eigenvalue weighted by atomic mass is 14.5. The molecule has 0 bridgehead atoms. The second-order valence-electron chi connectivity index (χ2n) is 5.58. The maximum absolute atomic E-state index is 5.80. The van der Waals surface area contributed by atoms with Gasteiger partial charge in [-0.3, -0.25) is 0 Å². The first kappa shape index (κ1) is 14.4. The molecule has 2 rings (SSSR count). The highest BCUT2D eigenvalue weighted by Crippen LogP contribution is 2.35. The molecule has 2 aromatic rings. The first-order valence-electron chi connectivity index (χ1n) is 7.32. The Kier molecular flexibility index (Phi) is 4.67. The number of nitrogens with two attached hydrogens (primary N) is 2. The third-order valence-electron chi connectivity index (χ3n) is 3.90. The molecular weight excluding hydrogens is 244 g/mol. The third kappa shape index (κ3) is 3.32. The van der Waals surface area contributed by atoms with Crippen molar-refractivity contribution in [3.63, 3.8) is 0 Å². The van der Waals surface area contributed by atoms with Crippen molar-refractivity contribution in [1.82, 2.24) is 0 Å². The predicted molar refractivity (Wildman–Crippen MR) is 87.6 cm³/mol. The molecule has 0 saturated carbocycles. The molecule has 0 aliphatic rings. The Hall–Kier alpha value is -1.96. The summed E-state index contributed by atoms with van der Waals surface area (Å²) in [4.78, 5) is 0. The Morgan fingerprint density at radius 1 is 0.800 bits per heavy atom. The van der Waals surface area contributed by atoms with Gasteiger partial charge >= 0.3 is 0 Å². The van der Waals surface area contributed by atoms with Crippen molar-refractivity contribution in [2.45, 2.75) is 32.6 Å². The van der Waals surface area contributed by atoms with Crippen molar-refractivity contribution < 1.29 is 0 Å². The van der Waals surface area contributed by atoms with E-state index in [1.54, 1.807) is 0 Å². The normalized spacial score (nSPS) is 12.6. The van der Waals surface area contributed by atoms with Gasteiger partial charge in [-0.1, -0.05) is 51.0 Å². The second-order valence-corrected chi connectivity index (χ2v) is 5.58. The van der Waals surface area contributed by atoms with E-state index < -0.39 is 0 Å². The Bertz CT molecular complexity index is 483. The second kappa shape index (κ2) is 6.47. The van der Waals surface area contributed by atoms with Crippen LogP contribution in [0.1, 0.15) is 43.7 Å². The first-order chi connectivity index (χ1) is 9.61. The number of benzene rings is 2. The summed E-state index contributed by atoms with van der Waals surface area (Å²) in [6.07, 6.45) is 2.40. The molecule has 0 heterocycles. The van der Waals surface area contributed by atoms with Crippen LogP contribution in [0.3, 0.4) is 0 Å². The number of hydrogen-bond acceptors (Lipinski definition) is 2. The van der Waals surface area contributed by atoms with Gasteiger partial charge in [-0.25, -0.2) is 0 Å². The van der Waals surface area contributed by atoms with Gasteiger partial charge in [-0.2, -0.15) is 0 Å². The van der Waals surface area contributed by atoms with E-state index in [0.717, 1.165) is 11.4 Å². The monoisotopic (exact) mass is 268 g/mol. The van der Waals surface area contributed by atoms with Crippen molar-refractivity contribution in [3.05, 3.63) is 59.7 Å². The molecule has 106 valence electrons. The van der Waals surface area contributed by atoms with E-state index in [4.69, 9.17) is 11.5 Å². The summed E-state index contributed by atoms with van der Waals surface area (Å²) >= 11 is 0. The molecule has 0 radical (unpaired) electrons. The van der Waals surface area contributed by atoms with E-state index in [-0.39, 0.29) is 0 Å². The molecule has 4 N–H and O–H groups in total. The summed E-state index contributed by atoms with van der Waals surface area (Å²) < 4.78 is 0. The van der Waals surface area contributed by atoms with E-state index in [2.05, 4.69) is 38.1 Å². The fraction of sp³-hybridized carbons (Fsp3) is 0.333. The highest BCUT2D eigenvalue weighted by Gasteiger charge is 2.20. The van der Waals surface area contributed by atoms with Gasteiger partial charge in [0.25, 0.3) is 0 Å². The maximum Gasteiger partial charge on any atom is 0.0314 e. The Morgan fingerprint density at radius 2 is 1.20 bits per heavy atom. The maximum atomic E-state index is 5.80. The highest BCUT2D eigenvalue weighted by molar-refractivity contribution is 5.45. The van der Waals surface area contributed by atoms with Gasteiger partial charge in [0.1, 0.15) is 0 Å². The topological polar surface area (TPSA) is 52.0 Å². The molecule has 20 heavy (non-hydrogen) atoms. The molecule has 0 saturated heterocycles. The van der Waals surface area contributed by atoms with Gasteiger partial charge in [-0.05, 0) is 41.3 Å². The van der Waals surface area contributed by atoms with Crippen LogP contribution < -0.4 is 11.5 Å². The van der Waals surface area contributed by atoms with Crippen LogP contribution in [0, 0.1) is 5.92 Å². The predicted octanol–water partition coefficient (Wildman–Crippen LogP) is 4.42. The fourth-order valence-electron chi connectivity index (χ4n) is 2.88. The van der Waals surface area contributed by atoms with Gasteiger partial charge in [0.05, 0.1) is 0 Å². The minimum atomic E-state index is 0.399. The van der Waals surface area contributed by atoms with Crippen LogP contribution in [0.2, 0.25) is 0 Å². The van der Waals surface area contributed by atoms with Crippen molar-refractivity contribution in [2.75, 3.05) is 11.5 Å². The van der Waals surface area contributed by atoms with Gasteiger partial charge in [0, 0.05) is 17.3 Å². The largest absolute Gasteiger partial charge is 0.399 e. The third-order valence-corrected chi connectivity index (χ3v) is 3.90. The van der Waals surface area contributed by atoms with E-state index in [9.17, 15) is 0 Å². The smallest absolute Gasteiger partial charge is 0.0314 e. The van der Waals surface area contributed by atoms with Crippen molar-refractivity contribution in [3.8, 4) is 0 Å². The number of nitrogen functional groups attached to an aromatic ring is 2. The minimum absolute atomic E-state index is 0.399. The molecule has 2 heteroatoms. The van der Waals surface area contributed by atoms with Crippen LogP contribution in [0.5, 0.6) is 0 Å². The summed E-state index contributed by atoms with van der Waals surface area (Å²) in [5.41, 5.74) is 15.9. The zero-order valence-electron chi connectivity index (χ0n) is 12.3. The molecular formula is C18H24N2. The fourth-order valence-corrected chi connectivity index (χ4v) is 2.88. The Morgan fingerprint density at radius 3 is 1.55 bits per heavy atom. The standard InChI is InChI=1S/C18H24N2/c1-3-4-13(2)18(14-5-9-16(19)10-6-14)15-7-11-17(20)12-8-15/h5-13,18H,3-4,19-20H2,1-2H3. The molecule has 2 nitrogen and oxygen atoms in total. The average molecular weight is 268 g/mol. The lowest BCUT2D eigenvalue weighted by Crippen LogP contribution is -2.11. The summed E-state index contributed by atoms with van der Waals surface area (Å²) in [6.45, 7) is 4.56. The van der Waals surface area contributed by atoms with Crippen LogP contribution >= 0.6 is 0 Å². The van der Waals surface area contributed by atoms with Crippen LogP contribution in [-0.4, -0.2) is 0 Å². The molecule has 0 aliphatic carbocycles. The lowest BCUT2D eigenvalue weighted by atomic mass is 9.79. The molecule has 0 spiro atoms. The number of hydrogen-bond donors (Lipinski definition) is 2. The van der Waals surface area contributed by atoms with Gasteiger partial charge in [0.2, 0.25) is 0 Å². The molecule has 2 aromatic carbocycles. The Labute approximate surface area is 121 Å². The van der Waals surface area contributed by atoms with Gasteiger partial charge in [-0.15, -0.1) is 0 Å². The van der Waals surface area contributed by atoms with E-state index in [0.29, 0.717) is 11.8 Å². The van der Waals surface area contributed by atoms with Crippen LogP contribution in [-0.2, 0) is 0 Å². The van der Waals surface area contributed by atoms with Crippen molar-refractivity contribution in [1.29, 1.82) is 0 Å². The van der Waals surface area contributed by atoms with E-state index in [1.165, 1.54) is 24.0 Å². The summed E-state index contributed by atoms with van der Waals surface area (Å²) in [5, 5.41) is 0. The van der Waals surface area contributed by atoms with Crippen LogP contribution in [0.25, 0.3) is 0 Å². The molecule has 0 amide bonds. The van der Waals surface area contributed by atoms with Gasteiger partial charge in [0.15, 0.2) is 0 Å². The molecule has 0 aromatic heterocycles. The molecule has 1 atom stereocenters. The lowest BCUT2D eigenvalue weighted by molar-refractivity contribution is 0.468. The zero-order chi connectivity index (χ0) is 14.5. The van der Waals surface area contributed by atoms with E-state index >= 15 is 0 Å². The van der Waals surface area contributed by atoms with Gasteiger partial charge < -0.3 is 11.5 Å². The summed E-state index contributed by atoms with van der Waals surface area (Å²) in [7, 11) is 0. The average Bonchev–Trinajstić information content (AvgIpc) is 2.44. The molecule has 0 aliphatic heterocycles.